The van der Waals surface area contributed by atoms with Crippen LogP contribution in [0.15, 0.2) is 17.0 Å². The molecular formula is C13H20N2O4S. The molecule has 1 aromatic rings. The highest BCUT2D eigenvalue weighted by Gasteiger charge is 2.20. The number of anilines is 1. The molecule has 0 saturated heterocycles. The van der Waals surface area contributed by atoms with E-state index >= 15 is 0 Å². The van der Waals surface area contributed by atoms with Crippen LogP contribution in [-0.4, -0.2) is 21.4 Å². The molecule has 1 rings (SSSR count). The lowest BCUT2D eigenvalue weighted by molar-refractivity contribution is -0.116. The van der Waals surface area contributed by atoms with Gasteiger partial charge in [0.05, 0.1) is 12.8 Å². The molecule has 0 atom stereocenters. The van der Waals surface area contributed by atoms with E-state index in [-0.39, 0.29) is 22.5 Å². The third-order valence-corrected chi connectivity index (χ3v) is 3.49. The molecule has 0 aromatic heterocycles. The second kappa shape index (κ2) is 6.23. The maximum Gasteiger partial charge on any atom is 0.241 e. The van der Waals surface area contributed by atoms with Crippen LogP contribution < -0.4 is 15.2 Å². The Labute approximate surface area is 119 Å². The van der Waals surface area contributed by atoms with Gasteiger partial charge in [-0.15, -0.1) is 0 Å². The first kappa shape index (κ1) is 16.5. The summed E-state index contributed by atoms with van der Waals surface area (Å²) >= 11 is 0. The Bertz CT molecular complexity index is 609. The van der Waals surface area contributed by atoms with Gasteiger partial charge in [-0.3, -0.25) is 4.79 Å². The summed E-state index contributed by atoms with van der Waals surface area (Å²) < 4.78 is 28.2. The highest BCUT2D eigenvalue weighted by molar-refractivity contribution is 7.89. The van der Waals surface area contributed by atoms with Crippen molar-refractivity contribution in [3.8, 4) is 5.75 Å². The van der Waals surface area contributed by atoms with Crippen molar-refractivity contribution in [1.82, 2.24) is 0 Å². The third-order valence-electron chi connectivity index (χ3n) is 2.58. The second-order valence-electron chi connectivity index (χ2n) is 5.04. The maximum absolute atomic E-state index is 11.8. The number of primary sulfonamides is 1. The van der Waals surface area contributed by atoms with Crippen molar-refractivity contribution in [3.63, 3.8) is 0 Å². The molecule has 1 amide bonds. The molecule has 0 saturated carbocycles. The maximum atomic E-state index is 11.8. The average Bonchev–Trinajstić information content (AvgIpc) is 2.25. The van der Waals surface area contributed by atoms with E-state index in [0.29, 0.717) is 17.7 Å². The van der Waals surface area contributed by atoms with Crippen molar-refractivity contribution < 1.29 is 17.9 Å². The molecule has 0 aliphatic carbocycles. The van der Waals surface area contributed by atoms with E-state index in [9.17, 15) is 13.2 Å². The van der Waals surface area contributed by atoms with Crippen molar-refractivity contribution in [1.29, 1.82) is 0 Å². The number of hydrogen-bond donors (Lipinski definition) is 2. The molecule has 1 aromatic carbocycles. The summed E-state index contributed by atoms with van der Waals surface area (Å²) in [4.78, 5) is 11.7. The number of nitrogens with two attached hydrogens (primary N) is 1. The highest BCUT2D eigenvalue weighted by atomic mass is 32.2. The third kappa shape index (κ3) is 4.21. The second-order valence-corrected chi connectivity index (χ2v) is 6.56. The molecule has 20 heavy (non-hydrogen) atoms. The molecular weight excluding hydrogens is 280 g/mol. The Hall–Kier alpha value is -1.60. The van der Waals surface area contributed by atoms with Crippen LogP contribution in [0.2, 0.25) is 0 Å². The van der Waals surface area contributed by atoms with E-state index in [0.717, 1.165) is 0 Å². The van der Waals surface area contributed by atoms with Gasteiger partial charge < -0.3 is 10.1 Å². The summed E-state index contributed by atoms with van der Waals surface area (Å²) in [6.45, 7) is 5.55. The summed E-state index contributed by atoms with van der Waals surface area (Å²) in [5.74, 6) is 0.0444. The molecule has 7 heteroatoms. The van der Waals surface area contributed by atoms with Gasteiger partial charge in [-0.2, -0.15) is 0 Å². The quantitative estimate of drug-likeness (QED) is 0.863. The minimum Gasteiger partial charge on any atom is -0.493 e. The van der Waals surface area contributed by atoms with Gasteiger partial charge in [-0.1, -0.05) is 13.8 Å². The first-order chi connectivity index (χ1) is 9.15. The van der Waals surface area contributed by atoms with E-state index in [1.165, 1.54) is 13.2 Å². The van der Waals surface area contributed by atoms with Gasteiger partial charge in [0.15, 0.2) is 5.75 Å². The van der Waals surface area contributed by atoms with E-state index < -0.39 is 10.0 Å². The van der Waals surface area contributed by atoms with Crippen LogP contribution in [0.25, 0.3) is 0 Å². The molecule has 0 bridgehead atoms. The monoisotopic (exact) mass is 300 g/mol. The van der Waals surface area contributed by atoms with Gasteiger partial charge in [0.1, 0.15) is 4.90 Å². The van der Waals surface area contributed by atoms with Crippen LogP contribution in [0.1, 0.15) is 25.8 Å². The minimum absolute atomic E-state index is 0.0511. The molecule has 0 aliphatic rings. The lowest BCUT2D eigenvalue weighted by Crippen LogP contribution is -2.18. The molecule has 0 fully saturated rings. The Kier molecular flexibility index (Phi) is 5.13. The molecule has 112 valence electrons. The van der Waals surface area contributed by atoms with Crippen molar-refractivity contribution in [2.45, 2.75) is 32.1 Å². The number of sulfonamides is 1. The molecule has 0 spiro atoms. The number of carbonyl (C=O) groups is 1. The number of aryl methyl sites for hydroxylation is 1. The number of amides is 1. The van der Waals surface area contributed by atoms with Gasteiger partial charge in [0.25, 0.3) is 0 Å². The number of benzene rings is 1. The summed E-state index contributed by atoms with van der Waals surface area (Å²) in [5, 5.41) is 7.82. The zero-order valence-corrected chi connectivity index (χ0v) is 12.9. The lowest BCUT2D eigenvalue weighted by atomic mass is 10.1. The number of nitrogens with one attached hydrogen (secondary N) is 1. The molecule has 3 N–H and O–H groups in total. The minimum atomic E-state index is -3.93. The number of hydrogen-bond acceptors (Lipinski definition) is 4. The van der Waals surface area contributed by atoms with E-state index in [1.807, 2.05) is 13.8 Å². The van der Waals surface area contributed by atoms with Crippen LogP contribution in [0, 0.1) is 12.8 Å². The largest absolute Gasteiger partial charge is 0.493 e. The van der Waals surface area contributed by atoms with E-state index in [4.69, 9.17) is 9.88 Å². The first-order valence-corrected chi connectivity index (χ1v) is 7.71. The summed E-state index contributed by atoms with van der Waals surface area (Å²) in [6, 6.07) is 3.05. The lowest BCUT2D eigenvalue weighted by Gasteiger charge is -2.15. The number of methoxy groups -OCH3 is 1. The van der Waals surface area contributed by atoms with Gasteiger partial charge >= 0.3 is 0 Å². The van der Waals surface area contributed by atoms with Gasteiger partial charge in [0, 0.05) is 6.42 Å². The Morgan fingerprint density at radius 3 is 2.45 bits per heavy atom. The van der Waals surface area contributed by atoms with Crippen molar-refractivity contribution in [2.75, 3.05) is 12.4 Å². The molecule has 6 nitrogen and oxygen atoms in total. The van der Waals surface area contributed by atoms with Crippen LogP contribution in [0.4, 0.5) is 5.69 Å². The van der Waals surface area contributed by atoms with Crippen molar-refractivity contribution in [3.05, 3.63) is 17.7 Å². The van der Waals surface area contributed by atoms with Crippen LogP contribution in [0.3, 0.4) is 0 Å². The average molecular weight is 300 g/mol. The molecule has 0 radical (unpaired) electrons. The Balaban J connectivity index is 3.26. The normalized spacial score (nSPS) is 11.5. The predicted molar refractivity (Wildman–Crippen MR) is 77.2 cm³/mol. The fourth-order valence-electron chi connectivity index (χ4n) is 1.83. The van der Waals surface area contributed by atoms with E-state index in [2.05, 4.69) is 5.32 Å². The number of carbonyl (C=O) groups excluding carboxylic acids is 1. The van der Waals surface area contributed by atoms with Crippen LogP contribution in [0.5, 0.6) is 5.75 Å². The SMILES string of the molecule is COc1c(NC(=O)CC(C)C)cc(C)cc1S(N)(=O)=O. The number of ether oxygens (including phenoxy) is 1. The van der Waals surface area contributed by atoms with Crippen LogP contribution >= 0.6 is 0 Å². The molecule has 0 heterocycles. The van der Waals surface area contributed by atoms with Gasteiger partial charge in [-0.05, 0) is 30.5 Å². The molecule has 0 aliphatic heterocycles. The predicted octanol–water partition coefficient (Wildman–Crippen LogP) is 1.64. The summed E-state index contributed by atoms with van der Waals surface area (Å²) in [6.07, 6.45) is 0.335. The fourth-order valence-corrected chi connectivity index (χ4v) is 2.63. The first-order valence-electron chi connectivity index (χ1n) is 6.16. The highest BCUT2D eigenvalue weighted by Crippen LogP contribution is 2.33. The van der Waals surface area contributed by atoms with Crippen molar-refractivity contribution in [2.24, 2.45) is 11.1 Å². The van der Waals surface area contributed by atoms with E-state index in [1.54, 1.807) is 13.0 Å². The Morgan fingerprint density at radius 1 is 1.40 bits per heavy atom. The Morgan fingerprint density at radius 2 is 2.00 bits per heavy atom. The van der Waals surface area contributed by atoms with Crippen molar-refractivity contribution >= 4 is 21.6 Å². The number of rotatable bonds is 5. The molecule has 0 unspecified atom stereocenters. The van der Waals surface area contributed by atoms with Gasteiger partial charge in [0.2, 0.25) is 15.9 Å². The standard InChI is InChI=1S/C13H20N2O4S/c1-8(2)5-12(16)15-10-6-9(3)7-11(13(10)19-4)20(14,17)18/h6-8H,5H2,1-4H3,(H,15,16)(H2,14,17,18). The zero-order valence-electron chi connectivity index (χ0n) is 12.1. The zero-order chi connectivity index (χ0) is 15.5. The van der Waals surface area contributed by atoms with Crippen LogP contribution in [-0.2, 0) is 14.8 Å². The summed E-state index contributed by atoms with van der Waals surface area (Å²) in [7, 11) is -2.59. The topological polar surface area (TPSA) is 98.5 Å². The van der Waals surface area contributed by atoms with Gasteiger partial charge in [-0.25, -0.2) is 13.6 Å². The smallest absolute Gasteiger partial charge is 0.241 e. The summed E-state index contributed by atoms with van der Waals surface area (Å²) in [5.41, 5.74) is 0.969. The fraction of sp³-hybridized carbons (Fsp3) is 0.462.